The van der Waals surface area contributed by atoms with Gasteiger partial charge in [0, 0.05) is 5.56 Å². The van der Waals surface area contributed by atoms with Crippen molar-refractivity contribution in [2.45, 2.75) is 0 Å². The van der Waals surface area contributed by atoms with Gasteiger partial charge in [0.25, 0.3) is 0 Å². The summed E-state index contributed by atoms with van der Waals surface area (Å²) in [4.78, 5) is 0. The quantitative estimate of drug-likeness (QED) is 0.569. The Bertz CT molecular complexity index is 433. The Morgan fingerprint density at radius 3 is 2.53 bits per heavy atom. The van der Waals surface area contributed by atoms with Crippen LogP contribution < -0.4 is 4.74 Å². The van der Waals surface area contributed by atoms with Crippen LogP contribution in [-0.2, 0) is 4.74 Å². The van der Waals surface area contributed by atoms with E-state index in [1.807, 2.05) is 30.3 Å². The SMILES string of the molecule is C#CCOCC#C.C1=Cc2ccccc2OC1. The number of benzene rings is 1. The van der Waals surface area contributed by atoms with Crippen molar-refractivity contribution < 1.29 is 9.47 Å². The van der Waals surface area contributed by atoms with Gasteiger partial charge < -0.3 is 9.47 Å². The predicted octanol–water partition coefficient (Wildman–Crippen LogP) is 2.36. The van der Waals surface area contributed by atoms with E-state index in [2.05, 4.69) is 22.7 Å². The molecule has 1 aromatic carbocycles. The summed E-state index contributed by atoms with van der Waals surface area (Å²) >= 11 is 0. The lowest BCUT2D eigenvalue weighted by atomic mass is 10.1. The molecule has 86 valence electrons. The van der Waals surface area contributed by atoms with E-state index in [0.29, 0.717) is 19.8 Å². The van der Waals surface area contributed by atoms with Gasteiger partial charge in [-0.1, -0.05) is 36.1 Å². The van der Waals surface area contributed by atoms with E-state index < -0.39 is 0 Å². The molecule has 1 aliphatic heterocycles. The molecule has 0 aromatic heterocycles. The maximum atomic E-state index is 5.34. The first-order chi connectivity index (χ1) is 8.38. The van der Waals surface area contributed by atoms with Crippen LogP contribution in [-0.4, -0.2) is 19.8 Å². The molecule has 0 spiro atoms. The van der Waals surface area contributed by atoms with Crippen molar-refractivity contribution in [3.8, 4) is 30.4 Å². The third-order valence-corrected chi connectivity index (χ3v) is 1.92. The second-order valence-electron chi connectivity index (χ2n) is 3.15. The fourth-order valence-corrected chi connectivity index (χ4v) is 1.23. The molecular weight excluding hydrogens is 212 g/mol. The fourth-order valence-electron chi connectivity index (χ4n) is 1.23. The van der Waals surface area contributed by atoms with Crippen molar-refractivity contribution in [3.63, 3.8) is 0 Å². The van der Waals surface area contributed by atoms with Gasteiger partial charge in [-0.2, -0.15) is 0 Å². The minimum Gasteiger partial charge on any atom is -0.489 e. The van der Waals surface area contributed by atoms with E-state index in [0.717, 1.165) is 5.75 Å². The van der Waals surface area contributed by atoms with Gasteiger partial charge in [0.1, 0.15) is 25.6 Å². The molecule has 0 N–H and O–H groups in total. The molecule has 0 atom stereocenters. The first kappa shape index (κ1) is 12.9. The molecule has 2 heteroatoms. The zero-order valence-corrected chi connectivity index (χ0v) is 9.56. The number of para-hydroxylation sites is 1. The highest BCUT2D eigenvalue weighted by Gasteiger charge is 2.01. The summed E-state index contributed by atoms with van der Waals surface area (Å²) in [5, 5.41) is 0. The minimum atomic E-state index is 0.310. The van der Waals surface area contributed by atoms with E-state index in [9.17, 15) is 0 Å². The third-order valence-electron chi connectivity index (χ3n) is 1.92. The summed E-state index contributed by atoms with van der Waals surface area (Å²) in [5.74, 6) is 5.56. The molecule has 0 saturated heterocycles. The Kier molecular flexibility index (Phi) is 6.11. The largest absolute Gasteiger partial charge is 0.489 e. The summed E-state index contributed by atoms with van der Waals surface area (Å²) in [5.41, 5.74) is 1.17. The Morgan fingerprint density at radius 1 is 1.18 bits per heavy atom. The molecule has 1 aliphatic rings. The van der Waals surface area contributed by atoms with Crippen LogP contribution >= 0.6 is 0 Å². The number of terminal acetylenes is 2. The second kappa shape index (κ2) is 8.05. The van der Waals surface area contributed by atoms with E-state index >= 15 is 0 Å². The zero-order chi connectivity index (χ0) is 12.3. The molecule has 0 aliphatic carbocycles. The van der Waals surface area contributed by atoms with Crippen LogP contribution in [0.5, 0.6) is 5.75 Å². The monoisotopic (exact) mass is 226 g/mol. The number of rotatable bonds is 2. The van der Waals surface area contributed by atoms with Gasteiger partial charge in [-0.15, -0.1) is 12.8 Å². The highest BCUT2D eigenvalue weighted by atomic mass is 16.5. The number of hydrogen-bond acceptors (Lipinski definition) is 2. The van der Waals surface area contributed by atoms with Crippen LogP contribution in [0.1, 0.15) is 5.56 Å². The molecule has 2 nitrogen and oxygen atoms in total. The minimum absolute atomic E-state index is 0.310. The topological polar surface area (TPSA) is 18.5 Å². The zero-order valence-electron chi connectivity index (χ0n) is 9.56. The van der Waals surface area contributed by atoms with Crippen LogP contribution in [0.15, 0.2) is 30.3 Å². The summed E-state index contributed by atoms with van der Waals surface area (Å²) in [7, 11) is 0. The lowest BCUT2D eigenvalue weighted by Crippen LogP contribution is -1.98. The number of ether oxygens (including phenoxy) is 2. The summed E-state index contributed by atoms with van der Waals surface area (Å²) in [6.07, 6.45) is 13.7. The van der Waals surface area contributed by atoms with Crippen LogP contribution in [0.25, 0.3) is 6.08 Å². The van der Waals surface area contributed by atoms with Gasteiger partial charge in [0.05, 0.1) is 0 Å². The Labute approximate surface area is 102 Å². The van der Waals surface area contributed by atoms with Crippen molar-refractivity contribution >= 4 is 6.08 Å². The Hall–Kier alpha value is -2.16. The molecule has 0 saturated carbocycles. The number of fused-ring (bicyclic) bond motifs is 1. The maximum Gasteiger partial charge on any atom is 0.126 e. The predicted molar refractivity (Wildman–Crippen MR) is 69.5 cm³/mol. The second-order valence-corrected chi connectivity index (χ2v) is 3.15. The first-order valence-electron chi connectivity index (χ1n) is 5.21. The average molecular weight is 226 g/mol. The molecule has 0 amide bonds. The van der Waals surface area contributed by atoms with E-state index in [-0.39, 0.29) is 0 Å². The average Bonchev–Trinajstić information content (AvgIpc) is 2.40. The fraction of sp³-hybridized carbons (Fsp3) is 0.200. The molecule has 2 rings (SSSR count). The van der Waals surface area contributed by atoms with Crippen LogP contribution in [0.3, 0.4) is 0 Å². The lowest BCUT2D eigenvalue weighted by molar-refractivity contribution is 0.205. The van der Waals surface area contributed by atoms with Gasteiger partial charge >= 0.3 is 0 Å². The summed E-state index contributed by atoms with van der Waals surface area (Å²) in [6, 6.07) is 8.03. The van der Waals surface area contributed by atoms with Gasteiger partial charge in [-0.3, -0.25) is 0 Å². The van der Waals surface area contributed by atoms with Crippen molar-refractivity contribution in [2.75, 3.05) is 19.8 Å². The van der Waals surface area contributed by atoms with Crippen molar-refractivity contribution in [1.82, 2.24) is 0 Å². The van der Waals surface area contributed by atoms with Gasteiger partial charge in [0.15, 0.2) is 0 Å². The van der Waals surface area contributed by atoms with E-state index in [4.69, 9.17) is 17.6 Å². The molecule has 0 radical (unpaired) electrons. The molecule has 0 fully saturated rings. The van der Waals surface area contributed by atoms with Gasteiger partial charge in [-0.05, 0) is 12.1 Å². The van der Waals surface area contributed by atoms with Crippen molar-refractivity contribution in [2.24, 2.45) is 0 Å². The Balaban J connectivity index is 0.000000185. The first-order valence-corrected chi connectivity index (χ1v) is 5.21. The van der Waals surface area contributed by atoms with Crippen molar-refractivity contribution in [1.29, 1.82) is 0 Å². The smallest absolute Gasteiger partial charge is 0.126 e. The standard InChI is InChI=1S/C9H8O.C6H6O/c1-2-6-9-8(4-1)5-3-7-10-9;1-3-5-7-6-4-2/h1-6H,7H2;1-2H,5-6H2. The molecule has 17 heavy (non-hydrogen) atoms. The molecule has 0 unspecified atom stereocenters. The van der Waals surface area contributed by atoms with Gasteiger partial charge in [0.2, 0.25) is 0 Å². The summed E-state index contributed by atoms with van der Waals surface area (Å²) in [6.45, 7) is 1.32. The normalized spacial score (nSPS) is 10.9. The van der Waals surface area contributed by atoms with Crippen LogP contribution in [0, 0.1) is 24.7 Å². The highest BCUT2D eigenvalue weighted by Crippen LogP contribution is 2.21. The highest BCUT2D eigenvalue weighted by molar-refractivity contribution is 5.58. The van der Waals surface area contributed by atoms with E-state index in [1.165, 1.54) is 5.56 Å². The molecular formula is C15H14O2. The van der Waals surface area contributed by atoms with Crippen LogP contribution in [0.2, 0.25) is 0 Å². The number of hydrogen-bond donors (Lipinski definition) is 0. The lowest BCUT2D eigenvalue weighted by Gasteiger charge is -2.10. The van der Waals surface area contributed by atoms with Crippen molar-refractivity contribution in [3.05, 3.63) is 35.9 Å². The maximum absolute atomic E-state index is 5.34. The van der Waals surface area contributed by atoms with Crippen LogP contribution in [0.4, 0.5) is 0 Å². The Morgan fingerprint density at radius 2 is 1.88 bits per heavy atom. The molecule has 0 bridgehead atoms. The third kappa shape index (κ3) is 4.93. The van der Waals surface area contributed by atoms with E-state index in [1.54, 1.807) is 0 Å². The molecule has 1 aromatic rings. The molecule has 1 heterocycles. The van der Waals surface area contributed by atoms with Gasteiger partial charge in [-0.25, -0.2) is 0 Å². The summed E-state index contributed by atoms with van der Waals surface area (Å²) < 4.78 is 10.00.